The second-order valence-electron chi connectivity index (χ2n) is 9.29. The van der Waals surface area contributed by atoms with E-state index in [4.69, 9.17) is 9.47 Å². The third-order valence-corrected chi connectivity index (χ3v) is 6.91. The molecule has 0 saturated heterocycles. The molecule has 1 spiro atoms. The van der Waals surface area contributed by atoms with Crippen molar-refractivity contribution in [3.8, 4) is 11.5 Å². The van der Waals surface area contributed by atoms with Gasteiger partial charge in [0.25, 0.3) is 0 Å². The van der Waals surface area contributed by atoms with Crippen molar-refractivity contribution in [2.45, 2.75) is 25.6 Å². The van der Waals surface area contributed by atoms with Crippen molar-refractivity contribution in [3.05, 3.63) is 112 Å². The van der Waals surface area contributed by atoms with Gasteiger partial charge in [-0.15, -0.1) is 0 Å². The molecule has 0 saturated carbocycles. The van der Waals surface area contributed by atoms with Gasteiger partial charge >= 0.3 is 12.1 Å². The van der Waals surface area contributed by atoms with Crippen LogP contribution >= 0.6 is 0 Å². The zero-order valence-electron chi connectivity index (χ0n) is 20.6. The summed E-state index contributed by atoms with van der Waals surface area (Å²) in [7, 11) is 0. The zero-order chi connectivity index (χ0) is 26.7. The Morgan fingerprint density at radius 1 is 0.868 bits per heavy atom. The molecule has 0 bridgehead atoms. The zero-order valence-corrected chi connectivity index (χ0v) is 20.6. The molecule has 4 aromatic carbocycles. The number of hydrogen-bond donors (Lipinski definition) is 2. The minimum atomic E-state index is -4.46. The number of alkyl halides is 3. The van der Waals surface area contributed by atoms with Gasteiger partial charge < -0.3 is 20.1 Å². The van der Waals surface area contributed by atoms with E-state index in [2.05, 4.69) is 10.6 Å². The summed E-state index contributed by atoms with van der Waals surface area (Å²) in [5.41, 5.74) is 2.67. The van der Waals surface area contributed by atoms with Crippen LogP contribution in [-0.2, 0) is 16.5 Å². The molecule has 192 valence electrons. The Hall–Kier alpha value is -4.46. The molecule has 0 fully saturated rings. The maximum absolute atomic E-state index is 13.3. The Kier molecular flexibility index (Phi) is 5.38. The molecule has 2 heterocycles. The average Bonchev–Trinajstić information content (AvgIpc) is 3.18. The summed E-state index contributed by atoms with van der Waals surface area (Å²) in [5, 5.41) is 6.48. The lowest BCUT2D eigenvalue weighted by molar-refractivity contribution is -0.137. The largest absolute Gasteiger partial charge is 0.456 e. The van der Waals surface area contributed by atoms with E-state index >= 15 is 0 Å². The van der Waals surface area contributed by atoms with Gasteiger partial charge in [-0.25, -0.2) is 4.79 Å². The summed E-state index contributed by atoms with van der Waals surface area (Å²) >= 11 is 0. The molecule has 1 atom stereocenters. The lowest BCUT2D eigenvalue weighted by Crippen LogP contribution is -2.34. The van der Waals surface area contributed by atoms with Gasteiger partial charge in [0.1, 0.15) is 11.5 Å². The number of aryl methyl sites for hydroxylation is 1. The minimum absolute atomic E-state index is 0.284. The molecular formula is C30H23F3N2O3. The van der Waals surface area contributed by atoms with Gasteiger partial charge in [-0.1, -0.05) is 30.3 Å². The number of carbonyl (C=O) groups is 1. The highest BCUT2D eigenvalue weighted by molar-refractivity contribution is 5.97. The Morgan fingerprint density at radius 2 is 1.66 bits per heavy atom. The van der Waals surface area contributed by atoms with E-state index in [9.17, 15) is 18.0 Å². The molecule has 2 N–H and O–H groups in total. The van der Waals surface area contributed by atoms with Crippen LogP contribution < -0.4 is 15.4 Å². The summed E-state index contributed by atoms with van der Waals surface area (Å²) in [5.74, 6) is 0.597. The fourth-order valence-electron chi connectivity index (χ4n) is 5.28. The van der Waals surface area contributed by atoms with Gasteiger partial charge in [0, 0.05) is 34.7 Å². The highest BCUT2D eigenvalue weighted by Crippen LogP contribution is 2.58. The first-order valence-electron chi connectivity index (χ1n) is 12.2. The summed E-state index contributed by atoms with van der Waals surface area (Å²) in [6, 6.07) is 21.5. The van der Waals surface area contributed by atoms with E-state index in [0.717, 1.165) is 23.4 Å². The molecule has 38 heavy (non-hydrogen) atoms. The molecule has 8 heteroatoms. The van der Waals surface area contributed by atoms with Crippen LogP contribution in [0.3, 0.4) is 0 Å². The molecule has 5 nitrogen and oxygen atoms in total. The Morgan fingerprint density at radius 3 is 2.45 bits per heavy atom. The second-order valence-corrected chi connectivity index (χ2v) is 9.29. The smallest absolute Gasteiger partial charge is 0.416 e. The molecule has 2 aliphatic rings. The predicted molar refractivity (Wildman–Crippen MR) is 138 cm³/mol. The lowest BCUT2D eigenvalue weighted by Gasteiger charge is -2.38. The quantitative estimate of drug-likeness (QED) is 0.272. The molecule has 0 radical (unpaired) electrons. The number of carbonyl (C=O) groups excluding carboxylic acids is 1. The number of benzene rings is 4. The topological polar surface area (TPSA) is 59.6 Å². The highest BCUT2D eigenvalue weighted by atomic mass is 19.4. The Labute approximate surface area is 217 Å². The standard InChI is InChI=1S/C30H23F3N2O3/c1-3-34-23-12-7-13-25-27(23)29(21-11-5-4-10-20(21)28(36)38-29)22-16-24(17(2)14-26(22)37-25)35-19-9-6-8-18(15-19)30(31,32)33/h4-16,34-35H,3H2,1-2H3. The maximum Gasteiger partial charge on any atom is 0.416 e. The number of esters is 1. The number of rotatable bonds is 4. The van der Waals surface area contributed by atoms with Crippen molar-refractivity contribution in [3.63, 3.8) is 0 Å². The fraction of sp³-hybridized carbons (Fsp3) is 0.167. The van der Waals surface area contributed by atoms with Crippen LogP contribution in [0.2, 0.25) is 0 Å². The van der Waals surface area contributed by atoms with Crippen molar-refractivity contribution in [1.82, 2.24) is 0 Å². The first-order chi connectivity index (χ1) is 18.2. The van der Waals surface area contributed by atoms with Crippen LogP contribution in [-0.4, -0.2) is 12.5 Å². The summed E-state index contributed by atoms with van der Waals surface area (Å²) < 4.78 is 52.6. The molecule has 2 aliphatic heterocycles. The Bertz CT molecular complexity index is 1600. The van der Waals surface area contributed by atoms with E-state index in [1.165, 1.54) is 6.07 Å². The van der Waals surface area contributed by atoms with Gasteiger partial charge in [-0.3, -0.25) is 0 Å². The number of hydrogen-bond acceptors (Lipinski definition) is 5. The van der Waals surface area contributed by atoms with Crippen molar-refractivity contribution < 1.29 is 27.4 Å². The van der Waals surface area contributed by atoms with Crippen molar-refractivity contribution >= 4 is 23.0 Å². The maximum atomic E-state index is 13.3. The molecule has 1 unspecified atom stereocenters. The van der Waals surface area contributed by atoms with Crippen molar-refractivity contribution in [2.24, 2.45) is 0 Å². The first-order valence-corrected chi connectivity index (χ1v) is 12.2. The molecule has 4 aromatic rings. The van der Waals surface area contributed by atoms with E-state index in [-0.39, 0.29) is 5.69 Å². The third-order valence-electron chi connectivity index (χ3n) is 6.91. The molecule has 0 aliphatic carbocycles. The highest BCUT2D eigenvalue weighted by Gasteiger charge is 2.54. The van der Waals surface area contributed by atoms with Gasteiger partial charge in [-0.05, 0) is 67.9 Å². The van der Waals surface area contributed by atoms with Crippen molar-refractivity contribution in [1.29, 1.82) is 0 Å². The fourth-order valence-corrected chi connectivity index (χ4v) is 5.28. The number of anilines is 3. The molecule has 0 amide bonds. The number of halogens is 3. The SMILES string of the molecule is CCNc1cccc2c1C1(OC(=O)c3ccccc31)c1cc(Nc3cccc(C(F)(F)F)c3)c(C)cc1O2. The molecular weight excluding hydrogens is 493 g/mol. The van der Waals surface area contributed by atoms with Gasteiger partial charge in [-0.2, -0.15) is 13.2 Å². The Balaban J connectivity index is 1.57. The van der Waals surface area contributed by atoms with Crippen LogP contribution in [0.15, 0.2) is 78.9 Å². The lowest BCUT2D eigenvalue weighted by atomic mass is 9.76. The third kappa shape index (κ3) is 3.59. The number of ether oxygens (including phenoxy) is 2. The van der Waals surface area contributed by atoms with Gasteiger partial charge in [0.15, 0.2) is 5.60 Å². The van der Waals surface area contributed by atoms with E-state index in [1.807, 2.05) is 50.2 Å². The van der Waals surface area contributed by atoms with Crippen LogP contribution in [0, 0.1) is 6.92 Å². The van der Waals surface area contributed by atoms with Gasteiger partial charge in [0.2, 0.25) is 0 Å². The van der Waals surface area contributed by atoms with Crippen LogP contribution in [0.1, 0.15) is 45.1 Å². The predicted octanol–water partition coefficient (Wildman–Crippen LogP) is 7.76. The van der Waals surface area contributed by atoms with Crippen LogP contribution in [0.4, 0.5) is 30.2 Å². The van der Waals surface area contributed by atoms with Crippen LogP contribution in [0.25, 0.3) is 0 Å². The number of nitrogens with one attached hydrogen (secondary N) is 2. The first kappa shape index (κ1) is 23.9. The monoisotopic (exact) mass is 516 g/mol. The van der Waals surface area contributed by atoms with Crippen LogP contribution in [0.5, 0.6) is 11.5 Å². The number of fused-ring (bicyclic) bond motifs is 6. The summed E-state index contributed by atoms with van der Waals surface area (Å²) in [6.45, 7) is 4.44. The molecule has 6 rings (SSSR count). The van der Waals surface area contributed by atoms with Crippen molar-refractivity contribution in [2.75, 3.05) is 17.2 Å². The minimum Gasteiger partial charge on any atom is -0.456 e. The van der Waals surface area contributed by atoms with E-state index in [1.54, 1.807) is 24.3 Å². The van der Waals surface area contributed by atoms with E-state index in [0.29, 0.717) is 46.0 Å². The summed E-state index contributed by atoms with van der Waals surface area (Å²) in [4.78, 5) is 13.2. The molecule has 0 aromatic heterocycles. The summed E-state index contributed by atoms with van der Waals surface area (Å²) in [6.07, 6.45) is -4.46. The average molecular weight is 517 g/mol. The van der Waals surface area contributed by atoms with Gasteiger partial charge in [0.05, 0.1) is 16.7 Å². The van der Waals surface area contributed by atoms with E-state index < -0.39 is 23.3 Å². The normalized spacial score (nSPS) is 17.2. The second kappa shape index (κ2) is 8.55.